The monoisotopic (exact) mass is 316 g/mol. The SMILES string of the molecule is COC(=O)Cc1cncn1Cc1ccc2ccccc2c1.Cl. The van der Waals surface area contributed by atoms with Gasteiger partial charge >= 0.3 is 5.97 Å². The highest BCUT2D eigenvalue weighted by Gasteiger charge is 2.08. The molecule has 114 valence electrons. The third-order valence-corrected chi connectivity index (χ3v) is 3.52. The summed E-state index contributed by atoms with van der Waals surface area (Å²) in [6.45, 7) is 0.692. The number of carbonyl (C=O) groups is 1. The summed E-state index contributed by atoms with van der Waals surface area (Å²) in [5.41, 5.74) is 2.04. The number of hydrogen-bond donors (Lipinski definition) is 0. The minimum absolute atomic E-state index is 0. The van der Waals surface area contributed by atoms with Gasteiger partial charge in [-0.25, -0.2) is 4.98 Å². The van der Waals surface area contributed by atoms with Crippen LogP contribution in [0.25, 0.3) is 10.8 Å². The number of methoxy groups -OCH3 is 1. The largest absolute Gasteiger partial charge is 0.469 e. The Morgan fingerprint density at radius 3 is 2.73 bits per heavy atom. The van der Waals surface area contributed by atoms with Gasteiger partial charge in [-0.2, -0.15) is 0 Å². The fraction of sp³-hybridized carbons (Fsp3) is 0.176. The lowest BCUT2D eigenvalue weighted by atomic mass is 10.1. The number of rotatable bonds is 4. The van der Waals surface area contributed by atoms with Crippen molar-refractivity contribution in [3.05, 3.63) is 66.2 Å². The van der Waals surface area contributed by atoms with Crippen LogP contribution in [0.3, 0.4) is 0 Å². The molecule has 0 saturated carbocycles. The molecular formula is C17H17ClN2O2. The molecule has 0 fully saturated rings. The smallest absolute Gasteiger partial charge is 0.311 e. The van der Waals surface area contributed by atoms with Crippen molar-refractivity contribution in [3.63, 3.8) is 0 Å². The fourth-order valence-corrected chi connectivity index (χ4v) is 2.39. The first-order valence-electron chi connectivity index (χ1n) is 6.80. The highest BCUT2D eigenvalue weighted by Crippen LogP contribution is 2.17. The summed E-state index contributed by atoms with van der Waals surface area (Å²) in [4.78, 5) is 15.5. The van der Waals surface area contributed by atoms with Crippen LogP contribution in [0, 0.1) is 0 Å². The van der Waals surface area contributed by atoms with E-state index in [2.05, 4.69) is 35.3 Å². The van der Waals surface area contributed by atoms with Crippen LogP contribution in [0.2, 0.25) is 0 Å². The maximum atomic E-state index is 11.4. The summed E-state index contributed by atoms with van der Waals surface area (Å²) >= 11 is 0. The molecule has 0 aliphatic heterocycles. The van der Waals surface area contributed by atoms with Crippen molar-refractivity contribution in [3.8, 4) is 0 Å². The Labute approximate surface area is 135 Å². The zero-order valence-electron chi connectivity index (χ0n) is 12.2. The van der Waals surface area contributed by atoms with Crippen molar-refractivity contribution in [2.24, 2.45) is 0 Å². The second-order valence-corrected chi connectivity index (χ2v) is 4.95. The first kappa shape index (κ1) is 16.0. The zero-order chi connectivity index (χ0) is 14.7. The van der Waals surface area contributed by atoms with Crippen molar-refractivity contribution in [1.29, 1.82) is 0 Å². The van der Waals surface area contributed by atoms with Gasteiger partial charge in [-0.3, -0.25) is 4.79 Å². The number of hydrogen-bond acceptors (Lipinski definition) is 3. The van der Waals surface area contributed by atoms with E-state index in [-0.39, 0.29) is 24.8 Å². The summed E-state index contributed by atoms with van der Waals surface area (Å²) in [5.74, 6) is -0.254. The van der Waals surface area contributed by atoms with Gasteiger partial charge in [0.1, 0.15) is 0 Å². The Bertz CT molecular complexity index is 783. The molecule has 3 rings (SSSR count). The Balaban J connectivity index is 0.00000176. The van der Waals surface area contributed by atoms with Crippen LogP contribution in [0.5, 0.6) is 0 Å². The van der Waals surface area contributed by atoms with Crippen molar-refractivity contribution in [2.45, 2.75) is 13.0 Å². The molecule has 2 aromatic carbocycles. The zero-order valence-corrected chi connectivity index (χ0v) is 13.0. The molecule has 0 N–H and O–H groups in total. The summed E-state index contributed by atoms with van der Waals surface area (Å²) in [5, 5.41) is 2.44. The average Bonchev–Trinajstić information content (AvgIpc) is 2.94. The van der Waals surface area contributed by atoms with Gasteiger partial charge in [-0.1, -0.05) is 36.4 Å². The van der Waals surface area contributed by atoms with Gasteiger partial charge in [0.2, 0.25) is 0 Å². The van der Waals surface area contributed by atoms with Crippen molar-refractivity contribution in [1.82, 2.24) is 9.55 Å². The number of imidazole rings is 1. The van der Waals surface area contributed by atoms with Gasteiger partial charge in [0.25, 0.3) is 0 Å². The molecule has 0 saturated heterocycles. The Hall–Kier alpha value is -2.33. The van der Waals surface area contributed by atoms with E-state index >= 15 is 0 Å². The summed E-state index contributed by atoms with van der Waals surface area (Å²) < 4.78 is 6.68. The van der Waals surface area contributed by atoms with E-state index in [0.717, 1.165) is 5.69 Å². The third kappa shape index (κ3) is 3.46. The molecule has 22 heavy (non-hydrogen) atoms. The minimum atomic E-state index is -0.254. The second-order valence-electron chi connectivity index (χ2n) is 4.95. The molecule has 3 aromatic rings. The number of ether oxygens (including phenoxy) is 1. The van der Waals surface area contributed by atoms with Crippen molar-refractivity contribution in [2.75, 3.05) is 7.11 Å². The number of halogens is 1. The first-order valence-corrected chi connectivity index (χ1v) is 6.80. The molecule has 0 amide bonds. The fourth-order valence-electron chi connectivity index (χ4n) is 2.39. The number of aromatic nitrogens is 2. The lowest BCUT2D eigenvalue weighted by Crippen LogP contribution is -2.10. The van der Waals surface area contributed by atoms with Gasteiger partial charge < -0.3 is 9.30 Å². The third-order valence-electron chi connectivity index (χ3n) is 3.52. The van der Waals surface area contributed by atoms with Gasteiger partial charge in [0, 0.05) is 18.4 Å². The van der Waals surface area contributed by atoms with Crippen molar-refractivity contribution < 1.29 is 9.53 Å². The minimum Gasteiger partial charge on any atom is -0.469 e. The van der Waals surface area contributed by atoms with Crippen LogP contribution in [-0.4, -0.2) is 22.6 Å². The first-order chi connectivity index (χ1) is 10.3. The maximum absolute atomic E-state index is 11.4. The van der Waals surface area contributed by atoms with E-state index in [4.69, 9.17) is 4.74 Å². The van der Waals surface area contributed by atoms with Gasteiger partial charge in [-0.05, 0) is 22.4 Å². The maximum Gasteiger partial charge on any atom is 0.311 e. The Morgan fingerprint density at radius 1 is 1.18 bits per heavy atom. The predicted molar refractivity (Wildman–Crippen MR) is 88.2 cm³/mol. The molecule has 1 aromatic heterocycles. The van der Waals surface area contributed by atoms with E-state index in [0.29, 0.717) is 6.54 Å². The molecule has 0 aliphatic rings. The lowest BCUT2D eigenvalue weighted by molar-refractivity contribution is -0.139. The van der Waals surface area contributed by atoms with Crippen molar-refractivity contribution >= 4 is 29.1 Å². The normalized spacial score (nSPS) is 10.2. The molecule has 0 radical (unpaired) electrons. The van der Waals surface area contributed by atoms with Crippen LogP contribution in [0.15, 0.2) is 55.0 Å². The molecule has 1 heterocycles. The highest BCUT2D eigenvalue weighted by atomic mass is 35.5. The molecule has 0 spiro atoms. The lowest BCUT2D eigenvalue weighted by Gasteiger charge is -2.08. The number of carbonyl (C=O) groups excluding carboxylic acids is 1. The van der Waals surface area contributed by atoms with Gasteiger partial charge in [0.05, 0.1) is 19.9 Å². The van der Waals surface area contributed by atoms with Crippen LogP contribution >= 0.6 is 12.4 Å². The summed E-state index contributed by atoms with van der Waals surface area (Å²) in [7, 11) is 1.40. The molecule has 0 atom stereocenters. The van der Waals surface area contributed by atoms with E-state index in [9.17, 15) is 4.79 Å². The highest BCUT2D eigenvalue weighted by molar-refractivity contribution is 5.85. The summed E-state index contributed by atoms with van der Waals surface area (Å²) in [6, 6.07) is 14.6. The topological polar surface area (TPSA) is 44.1 Å². The summed E-state index contributed by atoms with van der Waals surface area (Å²) in [6.07, 6.45) is 3.69. The number of esters is 1. The quantitative estimate of drug-likeness (QED) is 0.694. The van der Waals surface area contributed by atoms with E-state index in [1.165, 1.54) is 23.4 Å². The molecular weight excluding hydrogens is 300 g/mol. The standard InChI is InChI=1S/C17H16N2O2.ClH/c1-21-17(20)9-16-10-18-12-19(16)11-13-6-7-14-4-2-3-5-15(14)8-13;/h2-8,10,12H,9,11H2,1H3;1H. The molecule has 0 aliphatic carbocycles. The number of nitrogens with zero attached hydrogens (tertiary/aromatic N) is 2. The Kier molecular flexibility index (Phi) is 5.17. The van der Waals surface area contributed by atoms with Crippen LogP contribution < -0.4 is 0 Å². The Morgan fingerprint density at radius 2 is 1.95 bits per heavy atom. The molecule has 5 heteroatoms. The molecule has 0 unspecified atom stereocenters. The molecule has 0 bridgehead atoms. The van der Waals surface area contributed by atoms with Crippen LogP contribution in [-0.2, 0) is 22.5 Å². The molecule has 4 nitrogen and oxygen atoms in total. The number of fused-ring (bicyclic) bond motifs is 1. The van der Waals surface area contributed by atoms with E-state index in [1.54, 1.807) is 12.5 Å². The van der Waals surface area contributed by atoms with Gasteiger partial charge in [-0.15, -0.1) is 12.4 Å². The van der Waals surface area contributed by atoms with Crippen LogP contribution in [0.4, 0.5) is 0 Å². The van der Waals surface area contributed by atoms with Gasteiger partial charge in [0.15, 0.2) is 0 Å². The number of benzene rings is 2. The second kappa shape index (κ2) is 7.09. The van der Waals surface area contributed by atoms with E-state index in [1.807, 2.05) is 16.7 Å². The average molecular weight is 317 g/mol. The predicted octanol–water partition coefficient (Wildman–Crippen LogP) is 3.22. The van der Waals surface area contributed by atoms with E-state index < -0.39 is 0 Å². The van der Waals surface area contributed by atoms with Crippen LogP contribution in [0.1, 0.15) is 11.3 Å².